The third-order valence-corrected chi connectivity index (χ3v) is 3.90. The van der Waals surface area contributed by atoms with Crippen LogP contribution in [0.3, 0.4) is 0 Å². The van der Waals surface area contributed by atoms with Gasteiger partial charge in [-0.25, -0.2) is 4.39 Å². The summed E-state index contributed by atoms with van der Waals surface area (Å²) in [6, 6.07) is 8.84. The average molecular weight is 376 g/mol. The van der Waals surface area contributed by atoms with E-state index in [2.05, 4.69) is 9.47 Å². The lowest BCUT2D eigenvalue weighted by molar-refractivity contribution is -0.328. The number of carbonyl (C=O) groups excluding carboxylic acids is 1. The van der Waals surface area contributed by atoms with Crippen molar-refractivity contribution in [3.05, 3.63) is 35.9 Å². The Morgan fingerprint density at radius 2 is 1.88 bits per heavy atom. The van der Waals surface area contributed by atoms with Crippen LogP contribution in [0.2, 0.25) is 0 Å². The van der Waals surface area contributed by atoms with Crippen LogP contribution in [-0.4, -0.2) is 48.3 Å². The SMILES string of the molecule is CC(C)(C)C(=O)O[C@@H]1[C@@H](F)[C@@H](O)O[C@H](COCc2ccccc2)C1(F)F. The van der Waals surface area contributed by atoms with Crippen molar-refractivity contribution in [1.82, 2.24) is 0 Å². The Hall–Kier alpha value is -1.64. The third kappa shape index (κ3) is 4.75. The second kappa shape index (κ2) is 7.94. The number of hydrogen-bond donors (Lipinski definition) is 1. The van der Waals surface area contributed by atoms with Crippen molar-refractivity contribution in [3.63, 3.8) is 0 Å². The lowest BCUT2D eigenvalue weighted by Crippen LogP contribution is -2.63. The summed E-state index contributed by atoms with van der Waals surface area (Å²) in [6.45, 7) is 3.80. The van der Waals surface area contributed by atoms with Crippen LogP contribution in [0.4, 0.5) is 13.2 Å². The quantitative estimate of drug-likeness (QED) is 0.801. The van der Waals surface area contributed by atoms with Crippen molar-refractivity contribution >= 4 is 5.97 Å². The average Bonchev–Trinajstić information content (AvgIpc) is 2.56. The molecular weight excluding hydrogens is 353 g/mol. The molecule has 0 radical (unpaired) electrons. The summed E-state index contributed by atoms with van der Waals surface area (Å²) >= 11 is 0. The fourth-order valence-corrected chi connectivity index (χ4v) is 2.32. The standard InChI is InChI=1S/C18H23F3O5/c1-17(2,3)16(23)26-14-13(19)15(22)25-12(18(14,20)21)10-24-9-11-7-5-4-6-8-11/h4-8,12-15,22H,9-10H2,1-3H3/t12-,13-,14-,15+/m1/s1. The minimum atomic E-state index is -3.86. The van der Waals surface area contributed by atoms with E-state index in [1.165, 1.54) is 20.8 Å². The molecule has 1 aromatic carbocycles. The lowest BCUT2D eigenvalue weighted by Gasteiger charge is -2.41. The molecule has 2 rings (SSSR count). The van der Waals surface area contributed by atoms with Crippen molar-refractivity contribution in [2.45, 2.75) is 58.0 Å². The molecule has 0 aliphatic carbocycles. The summed E-state index contributed by atoms with van der Waals surface area (Å²) in [7, 11) is 0. The van der Waals surface area contributed by atoms with Gasteiger partial charge in [0.15, 0.2) is 18.6 Å². The number of benzene rings is 1. The molecule has 0 saturated carbocycles. The van der Waals surface area contributed by atoms with Gasteiger partial charge in [0, 0.05) is 0 Å². The fraction of sp³-hybridized carbons (Fsp3) is 0.611. The minimum Gasteiger partial charge on any atom is -0.452 e. The molecule has 0 aromatic heterocycles. The summed E-state index contributed by atoms with van der Waals surface area (Å²) < 4.78 is 57.8. The molecule has 1 aliphatic rings. The molecule has 1 heterocycles. The Bertz CT molecular complexity index is 603. The Balaban J connectivity index is 2.05. The highest BCUT2D eigenvalue weighted by molar-refractivity contribution is 5.75. The zero-order chi connectivity index (χ0) is 19.5. The van der Waals surface area contributed by atoms with E-state index in [9.17, 15) is 23.1 Å². The molecule has 5 nitrogen and oxygen atoms in total. The summed E-state index contributed by atoms with van der Waals surface area (Å²) in [6.07, 6.45) is -9.12. The van der Waals surface area contributed by atoms with Gasteiger partial charge in [0.2, 0.25) is 6.10 Å². The topological polar surface area (TPSA) is 65.0 Å². The molecule has 0 spiro atoms. The largest absolute Gasteiger partial charge is 0.452 e. The van der Waals surface area contributed by atoms with Gasteiger partial charge in [-0.3, -0.25) is 4.79 Å². The number of halogens is 3. The first-order valence-corrected chi connectivity index (χ1v) is 8.21. The molecule has 26 heavy (non-hydrogen) atoms. The monoisotopic (exact) mass is 376 g/mol. The summed E-state index contributed by atoms with van der Waals surface area (Å²) in [5.41, 5.74) is -0.343. The summed E-state index contributed by atoms with van der Waals surface area (Å²) in [4.78, 5) is 11.9. The smallest absolute Gasteiger partial charge is 0.315 e. The van der Waals surface area contributed by atoms with Gasteiger partial charge in [0.25, 0.3) is 0 Å². The van der Waals surface area contributed by atoms with Crippen LogP contribution in [-0.2, 0) is 25.6 Å². The fourth-order valence-electron chi connectivity index (χ4n) is 2.32. The van der Waals surface area contributed by atoms with Crippen LogP contribution in [0.15, 0.2) is 30.3 Å². The zero-order valence-electron chi connectivity index (χ0n) is 14.8. The Labute approximate surface area is 150 Å². The molecule has 1 saturated heterocycles. The highest BCUT2D eigenvalue weighted by atomic mass is 19.3. The normalized spacial score (nSPS) is 28.6. The molecule has 1 aromatic rings. The van der Waals surface area contributed by atoms with Crippen molar-refractivity contribution in [2.24, 2.45) is 5.41 Å². The van der Waals surface area contributed by atoms with E-state index < -0.39 is 48.6 Å². The maximum atomic E-state index is 14.6. The van der Waals surface area contributed by atoms with Crippen LogP contribution in [0.5, 0.6) is 0 Å². The van der Waals surface area contributed by atoms with Gasteiger partial charge in [-0.05, 0) is 26.3 Å². The van der Waals surface area contributed by atoms with E-state index >= 15 is 0 Å². The molecule has 0 amide bonds. The Morgan fingerprint density at radius 1 is 1.27 bits per heavy atom. The highest BCUT2D eigenvalue weighted by Gasteiger charge is 2.61. The van der Waals surface area contributed by atoms with Crippen LogP contribution in [0.25, 0.3) is 0 Å². The zero-order valence-corrected chi connectivity index (χ0v) is 14.8. The van der Waals surface area contributed by atoms with E-state index in [4.69, 9.17) is 4.74 Å². The van der Waals surface area contributed by atoms with Crippen molar-refractivity contribution < 1.29 is 37.3 Å². The number of esters is 1. The van der Waals surface area contributed by atoms with E-state index in [0.717, 1.165) is 5.56 Å². The molecule has 0 bridgehead atoms. The first-order chi connectivity index (χ1) is 12.0. The molecule has 146 valence electrons. The maximum Gasteiger partial charge on any atom is 0.315 e. The van der Waals surface area contributed by atoms with E-state index in [-0.39, 0.29) is 6.61 Å². The number of aliphatic hydroxyl groups is 1. The molecule has 1 N–H and O–H groups in total. The minimum absolute atomic E-state index is 0.0401. The van der Waals surface area contributed by atoms with Crippen LogP contribution in [0, 0.1) is 5.41 Å². The van der Waals surface area contributed by atoms with Crippen LogP contribution < -0.4 is 0 Å². The van der Waals surface area contributed by atoms with Crippen molar-refractivity contribution in [1.29, 1.82) is 0 Å². The van der Waals surface area contributed by atoms with E-state index in [0.29, 0.717) is 0 Å². The van der Waals surface area contributed by atoms with E-state index in [1.807, 2.05) is 0 Å². The van der Waals surface area contributed by atoms with Gasteiger partial charge in [0.05, 0.1) is 18.6 Å². The predicted molar refractivity (Wildman–Crippen MR) is 86.2 cm³/mol. The van der Waals surface area contributed by atoms with E-state index in [1.54, 1.807) is 30.3 Å². The molecule has 1 fully saturated rings. The third-order valence-electron chi connectivity index (χ3n) is 3.90. The lowest BCUT2D eigenvalue weighted by atomic mass is 9.95. The highest BCUT2D eigenvalue weighted by Crippen LogP contribution is 2.38. The first kappa shape index (κ1) is 20.7. The predicted octanol–water partition coefficient (Wildman–Crippen LogP) is 2.85. The summed E-state index contributed by atoms with van der Waals surface area (Å²) in [5.74, 6) is -4.86. The number of ether oxygens (including phenoxy) is 3. The Kier molecular flexibility index (Phi) is 6.31. The van der Waals surface area contributed by atoms with Crippen LogP contribution in [0.1, 0.15) is 26.3 Å². The van der Waals surface area contributed by atoms with Crippen LogP contribution >= 0.6 is 0 Å². The molecule has 0 unspecified atom stereocenters. The van der Waals surface area contributed by atoms with Crippen molar-refractivity contribution in [3.8, 4) is 0 Å². The number of alkyl halides is 3. The number of aliphatic hydroxyl groups excluding tert-OH is 1. The number of hydrogen-bond acceptors (Lipinski definition) is 5. The van der Waals surface area contributed by atoms with Gasteiger partial charge < -0.3 is 19.3 Å². The Morgan fingerprint density at radius 3 is 2.46 bits per heavy atom. The van der Waals surface area contributed by atoms with Gasteiger partial charge in [0.1, 0.15) is 0 Å². The van der Waals surface area contributed by atoms with Gasteiger partial charge >= 0.3 is 11.9 Å². The number of carbonyl (C=O) groups is 1. The second-order valence-electron chi connectivity index (χ2n) is 7.21. The van der Waals surface area contributed by atoms with Gasteiger partial charge in [-0.1, -0.05) is 30.3 Å². The summed E-state index contributed by atoms with van der Waals surface area (Å²) in [5, 5.41) is 9.61. The van der Waals surface area contributed by atoms with Gasteiger partial charge in [-0.2, -0.15) is 8.78 Å². The van der Waals surface area contributed by atoms with Crippen molar-refractivity contribution in [2.75, 3.05) is 6.61 Å². The number of rotatable bonds is 5. The maximum absolute atomic E-state index is 14.6. The molecule has 4 atom stereocenters. The molecule has 8 heteroatoms. The molecule has 1 aliphatic heterocycles. The first-order valence-electron chi connectivity index (χ1n) is 8.21. The molecular formula is C18H23F3O5. The second-order valence-corrected chi connectivity index (χ2v) is 7.21. The van der Waals surface area contributed by atoms with Gasteiger partial charge in [-0.15, -0.1) is 0 Å².